The third kappa shape index (κ3) is 4.16. The molecule has 4 aromatic rings. The van der Waals surface area contributed by atoms with E-state index in [1.165, 1.54) is 18.2 Å². The van der Waals surface area contributed by atoms with Crippen molar-refractivity contribution in [2.45, 2.75) is 31.8 Å². The van der Waals surface area contributed by atoms with E-state index in [0.29, 0.717) is 17.0 Å². The van der Waals surface area contributed by atoms with Crippen molar-refractivity contribution >= 4 is 17.4 Å². The Morgan fingerprint density at radius 2 is 1.94 bits per heavy atom. The molecule has 5 rings (SSSR count). The van der Waals surface area contributed by atoms with Crippen molar-refractivity contribution in [1.29, 1.82) is 0 Å². The fraction of sp³-hybridized carbons (Fsp3) is 0.240. The molecular formula is C25H23F2N5O. The quantitative estimate of drug-likeness (QED) is 0.476. The van der Waals surface area contributed by atoms with Gasteiger partial charge in [-0.15, -0.1) is 5.10 Å². The normalized spacial score (nSPS) is 16.8. The van der Waals surface area contributed by atoms with Crippen molar-refractivity contribution in [1.82, 2.24) is 19.9 Å². The van der Waals surface area contributed by atoms with Crippen molar-refractivity contribution in [3.05, 3.63) is 95.3 Å². The van der Waals surface area contributed by atoms with Gasteiger partial charge in [-0.25, -0.2) is 18.3 Å². The van der Waals surface area contributed by atoms with Crippen LogP contribution in [0, 0.1) is 11.6 Å². The Balaban J connectivity index is 1.47. The molecule has 0 saturated carbocycles. The molecule has 8 heteroatoms. The number of nitrogens with zero attached hydrogens (tertiary/aromatic N) is 4. The van der Waals surface area contributed by atoms with Crippen molar-refractivity contribution in [2.24, 2.45) is 0 Å². The third-order valence-electron chi connectivity index (χ3n) is 6.09. The first-order valence-electron chi connectivity index (χ1n) is 10.9. The second-order valence-corrected chi connectivity index (χ2v) is 8.26. The number of carbonyl (C=O) groups excluding carboxylic acids is 1. The summed E-state index contributed by atoms with van der Waals surface area (Å²) in [7, 11) is 0. The highest BCUT2D eigenvalue weighted by Crippen LogP contribution is 2.36. The fourth-order valence-corrected chi connectivity index (χ4v) is 4.42. The maximum absolute atomic E-state index is 13.8. The molecule has 2 aromatic heterocycles. The van der Waals surface area contributed by atoms with Gasteiger partial charge in [0.05, 0.1) is 17.6 Å². The van der Waals surface area contributed by atoms with E-state index in [4.69, 9.17) is 0 Å². The van der Waals surface area contributed by atoms with E-state index in [1.54, 1.807) is 47.2 Å². The average molecular weight is 447 g/mol. The molecule has 3 heterocycles. The molecule has 1 saturated heterocycles. The number of rotatable bonds is 5. The highest BCUT2D eigenvalue weighted by atomic mass is 19.1. The van der Waals surface area contributed by atoms with Crippen LogP contribution < -0.4 is 10.2 Å². The summed E-state index contributed by atoms with van der Waals surface area (Å²) in [5.74, 6) is -0.263. The van der Waals surface area contributed by atoms with Crippen LogP contribution in [0.15, 0.2) is 67.0 Å². The number of benzene rings is 2. The van der Waals surface area contributed by atoms with Gasteiger partial charge in [-0.2, -0.15) is 0 Å². The van der Waals surface area contributed by atoms with Gasteiger partial charge >= 0.3 is 0 Å². The van der Waals surface area contributed by atoms with E-state index in [9.17, 15) is 13.6 Å². The van der Waals surface area contributed by atoms with E-state index in [0.717, 1.165) is 30.5 Å². The largest absolute Gasteiger partial charge is 0.348 e. The summed E-state index contributed by atoms with van der Waals surface area (Å²) in [4.78, 5) is 19.7. The van der Waals surface area contributed by atoms with E-state index in [-0.39, 0.29) is 29.6 Å². The minimum absolute atomic E-state index is 0.0248. The number of amides is 1. The van der Waals surface area contributed by atoms with Crippen LogP contribution in [0.4, 0.5) is 14.6 Å². The summed E-state index contributed by atoms with van der Waals surface area (Å²) in [5.41, 5.74) is 2.52. The fourth-order valence-electron chi connectivity index (χ4n) is 4.42. The van der Waals surface area contributed by atoms with Gasteiger partial charge in [0, 0.05) is 18.9 Å². The summed E-state index contributed by atoms with van der Waals surface area (Å²) < 4.78 is 28.7. The first-order chi connectivity index (χ1) is 16.0. The van der Waals surface area contributed by atoms with Gasteiger partial charge in [-0.1, -0.05) is 24.3 Å². The van der Waals surface area contributed by atoms with Crippen LogP contribution >= 0.6 is 0 Å². The number of hydrogen-bond donors (Lipinski definition) is 1. The highest BCUT2D eigenvalue weighted by molar-refractivity contribution is 6.00. The topological polar surface area (TPSA) is 62.5 Å². The number of aromatic nitrogens is 3. The third-order valence-corrected chi connectivity index (χ3v) is 6.09. The Hall–Kier alpha value is -3.81. The van der Waals surface area contributed by atoms with Crippen molar-refractivity contribution in [2.75, 3.05) is 11.4 Å². The lowest BCUT2D eigenvalue weighted by Crippen LogP contribution is -2.29. The minimum Gasteiger partial charge on any atom is -0.348 e. The first kappa shape index (κ1) is 21.1. The number of halogens is 2. The average Bonchev–Trinajstić information content (AvgIpc) is 3.48. The Labute approximate surface area is 189 Å². The van der Waals surface area contributed by atoms with Gasteiger partial charge in [0.1, 0.15) is 11.6 Å². The lowest BCUT2D eigenvalue weighted by molar-refractivity contribution is 0.0941. The number of anilines is 1. The molecule has 2 aromatic carbocycles. The zero-order valence-electron chi connectivity index (χ0n) is 18.1. The second kappa shape index (κ2) is 8.61. The lowest BCUT2D eigenvalue weighted by Gasteiger charge is -2.26. The minimum atomic E-state index is -0.325. The van der Waals surface area contributed by atoms with Crippen LogP contribution in [0.3, 0.4) is 0 Å². The summed E-state index contributed by atoms with van der Waals surface area (Å²) in [5, 5.41) is 7.64. The van der Waals surface area contributed by atoms with Gasteiger partial charge in [0.2, 0.25) is 0 Å². The maximum atomic E-state index is 13.8. The number of fused-ring (bicyclic) bond motifs is 1. The highest BCUT2D eigenvalue weighted by Gasteiger charge is 2.29. The van der Waals surface area contributed by atoms with Crippen molar-refractivity contribution in [3.63, 3.8) is 0 Å². The molecule has 0 bridgehead atoms. The predicted octanol–water partition coefficient (Wildman–Crippen LogP) is 4.84. The molecule has 2 atom stereocenters. The number of imidazole rings is 1. The molecule has 1 amide bonds. The molecule has 0 radical (unpaired) electrons. The Bertz CT molecular complexity index is 1300. The Kier molecular flexibility index (Phi) is 5.50. The standard InChI is InChI=1S/C25H23F2N5O/c1-16(17-7-9-19(26)10-8-17)29-25(33)21-15-23(30-32-13-11-28-24(21)32)31-12-3-6-22(31)18-4-2-5-20(27)14-18/h2,4-5,7-11,13-16,22H,3,6,12H2,1H3,(H,29,33)/t16?,22-/m1/s1. The summed E-state index contributed by atoms with van der Waals surface area (Å²) in [6, 6.07) is 14.1. The Morgan fingerprint density at radius 1 is 1.12 bits per heavy atom. The van der Waals surface area contributed by atoms with E-state index in [2.05, 4.69) is 20.3 Å². The molecule has 168 valence electrons. The van der Waals surface area contributed by atoms with Gasteiger partial charge in [-0.3, -0.25) is 4.79 Å². The lowest BCUT2D eigenvalue weighted by atomic mass is 10.0. The van der Waals surface area contributed by atoms with Crippen LogP contribution in [0.1, 0.15) is 53.3 Å². The monoisotopic (exact) mass is 447 g/mol. The van der Waals surface area contributed by atoms with Crippen LogP contribution in [-0.2, 0) is 0 Å². The van der Waals surface area contributed by atoms with Gasteiger partial charge in [0.25, 0.3) is 5.91 Å². The zero-order valence-corrected chi connectivity index (χ0v) is 18.1. The van der Waals surface area contributed by atoms with Crippen molar-refractivity contribution < 1.29 is 13.6 Å². The molecule has 0 aliphatic carbocycles. The summed E-state index contributed by atoms with van der Waals surface area (Å²) in [6.07, 6.45) is 5.11. The van der Waals surface area contributed by atoms with Crippen LogP contribution in [-0.4, -0.2) is 27.0 Å². The van der Waals surface area contributed by atoms with Crippen LogP contribution in [0.25, 0.3) is 5.65 Å². The van der Waals surface area contributed by atoms with Crippen molar-refractivity contribution in [3.8, 4) is 0 Å². The molecule has 6 nitrogen and oxygen atoms in total. The summed E-state index contributed by atoms with van der Waals surface area (Å²) >= 11 is 0. The molecule has 1 N–H and O–H groups in total. The summed E-state index contributed by atoms with van der Waals surface area (Å²) in [6.45, 7) is 2.60. The van der Waals surface area contributed by atoms with E-state index < -0.39 is 0 Å². The Morgan fingerprint density at radius 3 is 2.73 bits per heavy atom. The molecule has 1 unspecified atom stereocenters. The zero-order chi connectivity index (χ0) is 22.9. The van der Waals surface area contributed by atoms with E-state index >= 15 is 0 Å². The molecular weight excluding hydrogens is 424 g/mol. The number of hydrogen-bond acceptors (Lipinski definition) is 4. The molecule has 1 fully saturated rings. The maximum Gasteiger partial charge on any atom is 0.255 e. The SMILES string of the molecule is CC(NC(=O)c1cc(N2CCC[C@@H]2c2cccc(F)c2)nn2ccnc12)c1ccc(F)cc1. The molecule has 0 spiro atoms. The van der Waals surface area contributed by atoms with Crippen LogP contribution in [0.5, 0.6) is 0 Å². The van der Waals surface area contributed by atoms with Gasteiger partial charge in [-0.05, 0) is 61.2 Å². The second-order valence-electron chi connectivity index (χ2n) is 8.26. The van der Waals surface area contributed by atoms with Gasteiger partial charge < -0.3 is 10.2 Å². The predicted molar refractivity (Wildman–Crippen MR) is 121 cm³/mol. The molecule has 33 heavy (non-hydrogen) atoms. The molecule has 1 aliphatic heterocycles. The number of nitrogens with one attached hydrogen (secondary N) is 1. The molecule has 1 aliphatic rings. The van der Waals surface area contributed by atoms with Gasteiger partial charge in [0.15, 0.2) is 11.5 Å². The first-order valence-corrected chi connectivity index (χ1v) is 10.9. The van der Waals surface area contributed by atoms with E-state index in [1.807, 2.05) is 13.0 Å². The smallest absolute Gasteiger partial charge is 0.255 e. The number of carbonyl (C=O) groups is 1. The van der Waals surface area contributed by atoms with Crippen LogP contribution in [0.2, 0.25) is 0 Å².